The lowest BCUT2D eigenvalue weighted by atomic mass is 10.1. The summed E-state index contributed by atoms with van der Waals surface area (Å²) in [6.45, 7) is 1.74. The summed E-state index contributed by atoms with van der Waals surface area (Å²) < 4.78 is 0. The van der Waals surface area contributed by atoms with Crippen molar-refractivity contribution >= 4 is 28.3 Å². The molecule has 8 heteroatoms. The molecule has 1 aromatic carbocycles. The lowest BCUT2D eigenvalue weighted by Crippen LogP contribution is -2.45. The van der Waals surface area contributed by atoms with Crippen LogP contribution >= 0.6 is 11.3 Å². The molecule has 3 rings (SSSR count). The monoisotopic (exact) mass is 359 g/mol. The van der Waals surface area contributed by atoms with Gasteiger partial charge in [0, 0.05) is 17.5 Å². The molecule has 6 N–H and O–H groups in total. The van der Waals surface area contributed by atoms with E-state index in [0.29, 0.717) is 10.6 Å². The minimum Gasteiger partial charge on any atom is -0.348 e. The van der Waals surface area contributed by atoms with Crippen LogP contribution in [0.4, 0.5) is 9.80 Å². The number of piperidine rings is 1. The number of nitrogens with one attached hydrogen (secondary N) is 4. The molecular weight excluding hydrogens is 338 g/mol. The lowest BCUT2D eigenvalue weighted by molar-refractivity contribution is 0.0932. The van der Waals surface area contributed by atoms with Crippen molar-refractivity contribution in [2.75, 3.05) is 18.4 Å². The number of urea groups is 1. The van der Waals surface area contributed by atoms with Crippen molar-refractivity contribution in [2.24, 2.45) is 5.84 Å². The average Bonchev–Trinajstić information content (AvgIpc) is 3.07. The summed E-state index contributed by atoms with van der Waals surface area (Å²) in [5.74, 6) is 4.95. The second-order valence-corrected chi connectivity index (χ2v) is 6.89. The summed E-state index contributed by atoms with van der Waals surface area (Å²) in [4.78, 5) is 25.2. The van der Waals surface area contributed by atoms with Crippen molar-refractivity contribution in [1.29, 1.82) is 0 Å². The number of hydrogen-bond donors (Lipinski definition) is 5. The van der Waals surface area contributed by atoms with Gasteiger partial charge in [-0.1, -0.05) is 30.3 Å². The molecule has 0 radical (unpaired) electrons. The minimum absolute atomic E-state index is 0.0949. The van der Waals surface area contributed by atoms with Gasteiger partial charge >= 0.3 is 6.03 Å². The zero-order chi connectivity index (χ0) is 17.6. The van der Waals surface area contributed by atoms with E-state index in [1.807, 2.05) is 35.8 Å². The van der Waals surface area contributed by atoms with Gasteiger partial charge < -0.3 is 10.6 Å². The van der Waals surface area contributed by atoms with Crippen LogP contribution in [0.25, 0.3) is 10.4 Å². The Bertz CT molecular complexity index is 741. The Morgan fingerprint density at radius 1 is 1.24 bits per heavy atom. The SMILES string of the molecule is NNC(=O)Nc1sc(-c2ccccc2)cc1C(=O)N[C@H]1CCCNC1. The molecule has 0 unspecified atom stereocenters. The fourth-order valence-corrected chi connectivity index (χ4v) is 3.83. The molecule has 1 aliphatic heterocycles. The molecule has 1 saturated heterocycles. The van der Waals surface area contributed by atoms with E-state index in [9.17, 15) is 9.59 Å². The lowest BCUT2D eigenvalue weighted by Gasteiger charge is -2.23. The number of rotatable bonds is 4. The highest BCUT2D eigenvalue weighted by atomic mass is 32.1. The molecule has 2 aromatic rings. The Hall–Kier alpha value is -2.42. The van der Waals surface area contributed by atoms with Crippen molar-refractivity contribution in [3.63, 3.8) is 0 Å². The number of hydrogen-bond acceptors (Lipinski definition) is 5. The maximum atomic E-state index is 12.7. The van der Waals surface area contributed by atoms with Crippen molar-refractivity contribution in [2.45, 2.75) is 18.9 Å². The van der Waals surface area contributed by atoms with Gasteiger partial charge in [0.2, 0.25) is 0 Å². The Morgan fingerprint density at radius 3 is 2.72 bits per heavy atom. The minimum atomic E-state index is -0.560. The van der Waals surface area contributed by atoms with E-state index in [1.165, 1.54) is 11.3 Å². The van der Waals surface area contributed by atoms with Crippen LogP contribution in [-0.4, -0.2) is 31.1 Å². The van der Waals surface area contributed by atoms with Crippen LogP contribution in [0, 0.1) is 0 Å². The van der Waals surface area contributed by atoms with Gasteiger partial charge in [0.05, 0.1) is 5.56 Å². The van der Waals surface area contributed by atoms with Gasteiger partial charge in [0.25, 0.3) is 5.91 Å². The zero-order valence-electron chi connectivity index (χ0n) is 13.7. The summed E-state index contributed by atoms with van der Waals surface area (Å²) in [7, 11) is 0. The molecule has 2 heterocycles. The molecule has 1 aromatic heterocycles. The smallest absolute Gasteiger partial charge is 0.333 e. The van der Waals surface area contributed by atoms with E-state index in [4.69, 9.17) is 5.84 Å². The zero-order valence-corrected chi connectivity index (χ0v) is 14.5. The van der Waals surface area contributed by atoms with E-state index >= 15 is 0 Å². The predicted octanol–water partition coefficient (Wildman–Crippen LogP) is 1.89. The summed E-state index contributed by atoms with van der Waals surface area (Å²) in [5, 5.41) is 9.41. The van der Waals surface area contributed by atoms with Gasteiger partial charge in [-0.2, -0.15) is 0 Å². The van der Waals surface area contributed by atoms with Gasteiger partial charge in [-0.15, -0.1) is 11.3 Å². The topological polar surface area (TPSA) is 108 Å². The van der Waals surface area contributed by atoms with Crippen LogP contribution in [0.5, 0.6) is 0 Å². The number of thiophene rings is 1. The van der Waals surface area contributed by atoms with Crippen molar-refractivity contribution < 1.29 is 9.59 Å². The second-order valence-electron chi connectivity index (χ2n) is 5.83. The van der Waals surface area contributed by atoms with Crippen LogP contribution in [0.2, 0.25) is 0 Å². The number of nitrogens with two attached hydrogens (primary N) is 1. The quantitative estimate of drug-likeness (QED) is 0.326. The van der Waals surface area contributed by atoms with E-state index in [0.717, 1.165) is 36.4 Å². The predicted molar refractivity (Wildman–Crippen MR) is 99.5 cm³/mol. The number of amides is 3. The number of anilines is 1. The maximum absolute atomic E-state index is 12.7. The standard InChI is InChI=1S/C17H21N5O2S/c18-22-17(24)21-16-13(15(23)20-12-7-4-8-19-10-12)9-14(25-16)11-5-2-1-3-6-11/h1-3,5-6,9,12,19H,4,7-8,10,18H2,(H,20,23)(H2,21,22,24)/t12-/m0/s1. The maximum Gasteiger partial charge on any atom is 0.333 e. The van der Waals surface area contributed by atoms with Crippen LogP contribution in [-0.2, 0) is 0 Å². The molecule has 1 fully saturated rings. The highest BCUT2D eigenvalue weighted by Crippen LogP contribution is 2.35. The van der Waals surface area contributed by atoms with Gasteiger partial charge in [-0.3, -0.25) is 15.5 Å². The van der Waals surface area contributed by atoms with E-state index in [-0.39, 0.29) is 11.9 Å². The first-order valence-corrected chi connectivity index (χ1v) is 8.97. The number of hydrazine groups is 1. The molecule has 0 bridgehead atoms. The third-order valence-electron chi connectivity index (χ3n) is 4.03. The second kappa shape index (κ2) is 8.11. The Kier molecular flexibility index (Phi) is 5.64. The number of carbonyl (C=O) groups is 2. The van der Waals surface area contributed by atoms with Crippen molar-refractivity contribution in [3.05, 3.63) is 42.0 Å². The normalized spacial score (nSPS) is 16.9. The molecule has 0 spiro atoms. The highest BCUT2D eigenvalue weighted by Gasteiger charge is 2.22. The van der Waals surface area contributed by atoms with Gasteiger partial charge in [-0.25, -0.2) is 10.6 Å². The summed E-state index contributed by atoms with van der Waals surface area (Å²) in [5.41, 5.74) is 3.46. The van der Waals surface area contributed by atoms with Gasteiger partial charge in [0.15, 0.2) is 0 Å². The third-order valence-corrected chi connectivity index (χ3v) is 5.12. The van der Waals surface area contributed by atoms with Crippen molar-refractivity contribution in [1.82, 2.24) is 16.1 Å². The molecule has 25 heavy (non-hydrogen) atoms. The fraction of sp³-hybridized carbons (Fsp3) is 0.294. The fourth-order valence-electron chi connectivity index (χ4n) is 2.77. The number of carbonyl (C=O) groups excluding carboxylic acids is 2. The van der Waals surface area contributed by atoms with Crippen LogP contribution in [0.3, 0.4) is 0 Å². The molecule has 3 amide bonds. The summed E-state index contributed by atoms with van der Waals surface area (Å²) >= 11 is 1.34. The largest absolute Gasteiger partial charge is 0.348 e. The van der Waals surface area contributed by atoms with E-state index in [2.05, 4.69) is 16.0 Å². The molecular formula is C17H21N5O2S. The highest BCUT2D eigenvalue weighted by molar-refractivity contribution is 7.20. The molecule has 132 valence electrons. The van der Waals surface area contributed by atoms with Crippen molar-refractivity contribution in [3.8, 4) is 10.4 Å². The summed E-state index contributed by atoms with van der Waals surface area (Å²) in [6, 6.07) is 11.1. The third kappa shape index (κ3) is 4.36. The number of benzene rings is 1. The first kappa shape index (κ1) is 17.4. The summed E-state index contributed by atoms with van der Waals surface area (Å²) in [6.07, 6.45) is 1.98. The van der Waals surface area contributed by atoms with E-state index < -0.39 is 6.03 Å². The Morgan fingerprint density at radius 2 is 2.04 bits per heavy atom. The Labute approximate surface area is 150 Å². The average molecular weight is 359 g/mol. The van der Waals surface area contributed by atoms with Gasteiger partial charge in [-0.05, 0) is 31.0 Å². The first-order chi connectivity index (χ1) is 12.2. The Balaban J connectivity index is 1.85. The van der Waals surface area contributed by atoms with Crippen LogP contribution in [0.1, 0.15) is 23.2 Å². The molecule has 7 nitrogen and oxygen atoms in total. The molecule has 0 saturated carbocycles. The van der Waals surface area contributed by atoms with Crippen LogP contribution in [0.15, 0.2) is 36.4 Å². The first-order valence-electron chi connectivity index (χ1n) is 8.16. The molecule has 1 aliphatic rings. The molecule has 1 atom stereocenters. The van der Waals surface area contributed by atoms with E-state index in [1.54, 1.807) is 6.07 Å². The van der Waals surface area contributed by atoms with Gasteiger partial charge in [0.1, 0.15) is 5.00 Å². The van der Waals surface area contributed by atoms with Crippen LogP contribution < -0.4 is 27.2 Å². The molecule has 0 aliphatic carbocycles.